The predicted molar refractivity (Wildman–Crippen MR) is 126 cm³/mol. The summed E-state index contributed by atoms with van der Waals surface area (Å²) in [5, 5.41) is 8.45. The van der Waals surface area contributed by atoms with Gasteiger partial charge in [0.05, 0.1) is 18.0 Å². The van der Waals surface area contributed by atoms with E-state index in [0.717, 1.165) is 49.6 Å². The van der Waals surface area contributed by atoms with E-state index in [2.05, 4.69) is 24.0 Å². The number of unbranched alkanes of at least 4 members (excludes halogenated alkanes) is 4. The van der Waals surface area contributed by atoms with Crippen LogP contribution in [-0.4, -0.2) is 16.8 Å². The van der Waals surface area contributed by atoms with E-state index in [9.17, 15) is 8.78 Å². The van der Waals surface area contributed by atoms with Gasteiger partial charge in [-0.05, 0) is 55.4 Å². The summed E-state index contributed by atoms with van der Waals surface area (Å²) in [5.41, 5.74) is 1.38. The van der Waals surface area contributed by atoms with Crippen molar-refractivity contribution in [3.05, 3.63) is 41.6 Å². The maximum Gasteiger partial charge on any atom is 0.201 e. The third kappa shape index (κ3) is 6.98. The first-order chi connectivity index (χ1) is 15.6. The van der Waals surface area contributed by atoms with Gasteiger partial charge in [-0.3, -0.25) is 0 Å². The number of aromatic nitrogens is 2. The summed E-state index contributed by atoms with van der Waals surface area (Å²) in [6, 6.07) is 6.64. The van der Waals surface area contributed by atoms with Crippen LogP contribution in [0.3, 0.4) is 0 Å². The summed E-state index contributed by atoms with van der Waals surface area (Å²) >= 11 is 0. The molecule has 0 N–H and O–H groups in total. The summed E-state index contributed by atoms with van der Waals surface area (Å²) in [7, 11) is 0. The Bertz CT molecular complexity index is 817. The summed E-state index contributed by atoms with van der Waals surface area (Å²) in [5.74, 6) is -0.245. The van der Waals surface area contributed by atoms with E-state index in [1.54, 1.807) is 6.07 Å². The molecule has 0 radical (unpaired) electrons. The van der Waals surface area contributed by atoms with E-state index in [0.29, 0.717) is 12.3 Å². The highest BCUT2D eigenvalue weighted by Gasteiger charge is 2.20. The van der Waals surface area contributed by atoms with Crippen molar-refractivity contribution in [2.24, 2.45) is 11.8 Å². The molecular weight excluding hydrogens is 406 g/mol. The minimum absolute atomic E-state index is 0.0379. The third-order valence-electron chi connectivity index (χ3n) is 6.90. The number of hydrogen-bond acceptors (Lipinski definition) is 3. The average Bonchev–Trinajstić information content (AvgIpc) is 2.83. The number of aryl methyl sites for hydroxylation is 1. The standard InChI is InChI=1S/C27H38F2N2O/c1-3-5-6-7-8-19-32-25-18-16-23(26(28)27(25)29)24-17-15-22(30-31-24)14-13-21-11-9-20(4-2)10-12-21/h15-18,20-21H,3-14,19H2,1-2H3. The highest BCUT2D eigenvalue weighted by atomic mass is 19.2. The lowest BCUT2D eigenvalue weighted by Gasteiger charge is -2.27. The Kier molecular flexibility index (Phi) is 9.89. The molecule has 0 spiro atoms. The Hall–Kier alpha value is -2.04. The molecular formula is C27H38F2N2O. The minimum atomic E-state index is -0.954. The molecule has 176 valence electrons. The molecule has 0 bridgehead atoms. The lowest BCUT2D eigenvalue weighted by Crippen LogP contribution is -2.14. The number of halogens is 2. The molecule has 0 aliphatic heterocycles. The molecule has 5 heteroatoms. The molecule has 1 aliphatic rings. The Labute approximate surface area is 192 Å². The average molecular weight is 445 g/mol. The number of rotatable bonds is 12. The maximum absolute atomic E-state index is 14.7. The van der Waals surface area contributed by atoms with Crippen LogP contribution in [0.1, 0.15) is 90.2 Å². The van der Waals surface area contributed by atoms with Crippen molar-refractivity contribution in [1.82, 2.24) is 10.2 Å². The molecule has 1 fully saturated rings. The minimum Gasteiger partial charge on any atom is -0.490 e. The second kappa shape index (κ2) is 12.9. The zero-order chi connectivity index (χ0) is 22.8. The molecule has 1 aromatic heterocycles. The summed E-state index contributed by atoms with van der Waals surface area (Å²) in [6.07, 6.45) is 14.0. The molecule has 3 rings (SSSR count). The molecule has 32 heavy (non-hydrogen) atoms. The van der Waals surface area contributed by atoms with Gasteiger partial charge in [0.15, 0.2) is 11.6 Å². The van der Waals surface area contributed by atoms with E-state index < -0.39 is 11.6 Å². The van der Waals surface area contributed by atoms with E-state index >= 15 is 0 Å². The molecule has 0 saturated heterocycles. The van der Waals surface area contributed by atoms with Crippen molar-refractivity contribution in [2.45, 2.75) is 90.9 Å². The van der Waals surface area contributed by atoms with Gasteiger partial charge in [0.1, 0.15) is 0 Å². The lowest BCUT2D eigenvalue weighted by atomic mass is 9.79. The third-order valence-corrected chi connectivity index (χ3v) is 6.90. The normalized spacial score (nSPS) is 18.6. The Morgan fingerprint density at radius 1 is 0.844 bits per heavy atom. The van der Waals surface area contributed by atoms with Crippen LogP contribution in [0.4, 0.5) is 8.78 Å². The highest BCUT2D eigenvalue weighted by molar-refractivity contribution is 5.61. The monoisotopic (exact) mass is 444 g/mol. The first-order valence-electron chi connectivity index (χ1n) is 12.6. The Balaban J connectivity index is 1.52. The van der Waals surface area contributed by atoms with Gasteiger partial charge < -0.3 is 4.74 Å². The van der Waals surface area contributed by atoms with Crippen molar-refractivity contribution in [3.8, 4) is 17.0 Å². The zero-order valence-electron chi connectivity index (χ0n) is 19.7. The molecule has 1 saturated carbocycles. The van der Waals surface area contributed by atoms with Gasteiger partial charge in [-0.25, -0.2) is 4.39 Å². The fraction of sp³-hybridized carbons (Fsp3) is 0.630. The summed E-state index contributed by atoms with van der Waals surface area (Å²) < 4.78 is 34.6. The van der Waals surface area contributed by atoms with Crippen molar-refractivity contribution in [3.63, 3.8) is 0 Å². The van der Waals surface area contributed by atoms with Gasteiger partial charge in [0.2, 0.25) is 5.82 Å². The molecule has 0 atom stereocenters. The topological polar surface area (TPSA) is 35.0 Å². The Morgan fingerprint density at radius 3 is 2.28 bits per heavy atom. The van der Waals surface area contributed by atoms with Crippen molar-refractivity contribution < 1.29 is 13.5 Å². The van der Waals surface area contributed by atoms with E-state index in [-0.39, 0.29) is 11.3 Å². The number of nitrogens with zero attached hydrogens (tertiary/aromatic N) is 2. The molecule has 0 amide bonds. The SMILES string of the molecule is CCCCCCCOc1ccc(-c2ccc(CCC3CCC(CC)CC3)nn2)c(F)c1F. The van der Waals surface area contributed by atoms with Gasteiger partial charge >= 0.3 is 0 Å². The van der Waals surface area contributed by atoms with E-state index in [1.807, 2.05) is 6.07 Å². The van der Waals surface area contributed by atoms with Crippen molar-refractivity contribution in [1.29, 1.82) is 0 Å². The largest absolute Gasteiger partial charge is 0.490 e. The van der Waals surface area contributed by atoms with Crippen LogP contribution in [0.15, 0.2) is 24.3 Å². The molecule has 2 aromatic rings. The number of hydrogen-bond donors (Lipinski definition) is 0. The summed E-state index contributed by atoms with van der Waals surface area (Å²) in [6.45, 7) is 4.84. The quantitative estimate of drug-likeness (QED) is 0.312. The molecule has 1 aromatic carbocycles. The van der Waals surface area contributed by atoms with Gasteiger partial charge in [-0.1, -0.05) is 71.6 Å². The lowest BCUT2D eigenvalue weighted by molar-refractivity contribution is 0.258. The van der Waals surface area contributed by atoms with Crippen LogP contribution in [0.2, 0.25) is 0 Å². The predicted octanol–water partition coefficient (Wildman–Crippen LogP) is 7.92. The van der Waals surface area contributed by atoms with Crippen LogP contribution in [0, 0.1) is 23.5 Å². The Morgan fingerprint density at radius 2 is 1.59 bits per heavy atom. The summed E-state index contributed by atoms with van der Waals surface area (Å²) in [4.78, 5) is 0. The van der Waals surface area contributed by atoms with Crippen molar-refractivity contribution in [2.75, 3.05) is 6.61 Å². The molecule has 1 aliphatic carbocycles. The van der Waals surface area contributed by atoms with E-state index in [4.69, 9.17) is 4.74 Å². The van der Waals surface area contributed by atoms with E-state index in [1.165, 1.54) is 57.1 Å². The first kappa shape index (κ1) is 24.6. The first-order valence-corrected chi connectivity index (χ1v) is 12.6. The maximum atomic E-state index is 14.7. The van der Waals surface area contributed by atoms with Crippen LogP contribution in [-0.2, 0) is 6.42 Å². The molecule has 0 unspecified atom stereocenters. The zero-order valence-corrected chi connectivity index (χ0v) is 19.7. The van der Waals surface area contributed by atoms with Gasteiger partial charge in [0.25, 0.3) is 0 Å². The number of ether oxygens (including phenoxy) is 1. The van der Waals surface area contributed by atoms with Crippen LogP contribution in [0.25, 0.3) is 11.3 Å². The van der Waals surface area contributed by atoms with Gasteiger partial charge in [-0.15, -0.1) is 0 Å². The van der Waals surface area contributed by atoms with Crippen LogP contribution >= 0.6 is 0 Å². The number of benzene rings is 1. The fourth-order valence-electron chi connectivity index (χ4n) is 4.65. The van der Waals surface area contributed by atoms with Gasteiger partial charge in [0, 0.05) is 5.56 Å². The molecule has 3 nitrogen and oxygen atoms in total. The van der Waals surface area contributed by atoms with Crippen LogP contribution < -0.4 is 4.74 Å². The smallest absolute Gasteiger partial charge is 0.201 e. The van der Waals surface area contributed by atoms with Gasteiger partial charge in [-0.2, -0.15) is 14.6 Å². The fourth-order valence-corrected chi connectivity index (χ4v) is 4.65. The second-order valence-electron chi connectivity index (χ2n) is 9.25. The highest BCUT2D eigenvalue weighted by Crippen LogP contribution is 2.33. The second-order valence-corrected chi connectivity index (χ2v) is 9.25. The van der Waals surface area contributed by atoms with Crippen LogP contribution in [0.5, 0.6) is 5.75 Å². The van der Waals surface area contributed by atoms with Crippen molar-refractivity contribution >= 4 is 0 Å². The molecule has 1 heterocycles.